The normalized spacial score (nSPS) is 16.1. The Morgan fingerprint density at radius 2 is 1.90 bits per heavy atom. The van der Waals surface area contributed by atoms with E-state index in [0.29, 0.717) is 6.42 Å². The molecule has 110 valence electrons. The number of carbonyl (C=O) groups is 1. The molecule has 1 amide bonds. The molecule has 1 aromatic heterocycles. The Morgan fingerprint density at radius 1 is 1.19 bits per heavy atom. The van der Waals surface area contributed by atoms with E-state index >= 15 is 0 Å². The minimum Gasteiger partial charge on any atom is -0.340 e. The maximum Gasteiger partial charge on any atom is 0.228 e. The third kappa shape index (κ3) is 3.49. The van der Waals surface area contributed by atoms with Crippen molar-refractivity contribution in [2.24, 2.45) is 0 Å². The van der Waals surface area contributed by atoms with Crippen molar-refractivity contribution in [1.29, 1.82) is 0 Å². The van der Waals surface area contributed by atoms with Crippen LogP contribution in [-0.2, 0) is 11.2 Å². The minimum absolute atomic E-state index is 0.188. The van der Waals surface area contributed by atoms with Crippen LogP contribution >= 0.6 is 11.3 Å². The molecule has 1 saturated heterocycles. The Bertz CT molecular complexity index is 603. The number of thiazole rings is 1. The van der Waals surface area contributed by atoms with Gasteiger partial charge in [-0.3, -0.25) is 4.79 Å². The summed E-state index contributed by atoms with van der Waals surface area (Å²) < 4.78 is 0. The van der Waals surface area contributed by atoms with Crippen LogP contribution in [0, 0.1) is 0 Å². The number of carbonyl (C=O) groups excluding carboxylic acids is 1. The summed E-state index contributed by atoms with van der Waals surface area (Å²) in [5, 5.41) is 2.98. The smallest absolute Gasteiger partial charge is 0.228 e. The zero-order valence-electron chi connectivity index (χ0n) is 12.2. The van der Waals surface area contributed by atoms with Crippen molar-refractivity contribution in [2.75, 3.05) is 33.2 Å². The van der Waals surface area contributed by atoms with Crippen LogP contribution in [0.3, 0.4) is 0 Å². The van der Waals surface area contributed by atoms with E-state index in [2.05, 4.69) is 16.9 Å². The fourth-order valence-electron chi connectivity index (χ4n) is 2.42. The highest BCUT2D eigenvalue weighted by atomic mass is 32.1. The molecule has 1 aliphatic heterocycles. The molecule has 0 radical (unpaired) electrons. The lowest BCUT2D eigenvalue weighted by Gasteiger charge is -2.32. The van der Waals surface area contributed by atoms with E-state index in [-0.39, 0.29) is 5.91 Å². The summed E-state index contributed by atoms with van der Waals surface area (Å²) in [7, 11) is 2.09. The van der Waals surface area contributed by atoms with Crippen molar-refractivity contribution in [1.82, 2.24) is 14.8 Å². The van der Waals surface area contributed by atoms with Crippen LogP contribution in [0.1, 0.15) is 5.69 Å². The Kier molecular flexibility index (Phi) is 4.31. The summed E-state index contributed by atoms with van der Waals surface area (Å²) in [6, 6.07) is 10.1. The third-order valence-corrected chi connectivity index (χ3v) is 4.70. The van der Waals surface area contributed by atoms with Crippen LogP contribution in [0.5, 0.6) is 0 Å². The third-order valence-electron chi connectivity index (χ3n) is 3.76. The quantitative estimate of drug-likeness (QED) is 0.871. The first-order chi connectivity index (χ1) is 10.2. The van der Waals surface area contributed by atoms with E-state index < -0.39 is 0 Å². The Labute approximate surface area is 129 Å². The SMILES string of the molecule is CN1CCN(C(=O)Cc2csc(-c3ccccc3)n2)CC1. The first-order valence-electron chi connectivity index (χ1n) is 7.18. The average Bonchev–Trinajstić information content (AvgIpc) is 2.97. The maximum absolute atomic E-state index is 12.3. The zero-order chi connectivity index (χ0) is 14.7. The number of nitrogens with zero attached hydrogens (tertiary/aromatic N) is 3. The molecule has 21 heavy (non-hydrogen) atoms. The molecular formula is C16H19N3OS. The fraction of sp³-hybridized carbons (Fsp3) is 0.375. The number of piperazine rings is 1. The van der Waals surface area contributed by atoms with E-state index in [9.17, 15) is 4.79 Å². The number of rotatable bonds is 3. The monoisotopic (exact) mass is 301 g/mol. The Hall–Kier alpha value is -1.72. The van der Waals surface area contributed by atoms with Gasteiger partial charge in [0.25, 0.3) is 0 Å². The van der Waals surface area contributed by atoms with Gasteiger partial charge < -0.3 is 9.80 Å². The molecule has 4 nitrogen and oxygen atoms in total. The summed E-state index contributed by atoms with van der Waals surface area (Å²) in [5.74, 6) is 0.188. The van der Waals surface area contributed by atoms with Gasteiger partial charge in [0.1, 0.15) is 5.01 Å². The maximum atomic E-state index is 12.3. The first-order valence-corrected chi connectivity index (χ1v) is 8.06. The predicted molar refractivity (Wildman–Crippen MR) is 85.3 cm³/mol. The van der Waals surface area contributed by atoms with E-state index in [1.165, 1.54) is 0 Å². The van der Waals surface area contributed by atoms with Crippen molar-refractivity contribution < 1.29 is 4.79 Å². The van der Waals surface area contributed by atoms with Gasteiger partial charge in [-0.2, -0.15) is 0 Å². The molecule has 1 aliphatic rings. The Morgan fingerprint density at radius 3 is 2.62 bits per heavy atom. The second-order valence-electron chi connectivity index (χ2n) is 5.37. The average molecular weight is 301 g/mol. The molecule has 2 heterocycles. The van der Waals surface area contributed by atoms with Crippen LogP contribution < -0.4 is 0 Å². The summed E-state index contributed by atoms with van der Waals surface area (Å²) in [6.07, 6.45) is 0.410. The topological polar surface area (TPSA) is 36.4 Å². The van der Waals surface area contributed by atoms with Crippen LogP contribution in [0.15, 0.2) is 35.7 Å². The minimum atomic E-state index is 0.188. The van der Waals surface area contributed by atoms with E-state index in [1.54, 1.807) is 11.3 Å². The number of hydrogen-bond donors (Lipinski definition) is 0. The lowest BCUT2D eigenvalue weighted by Crippen LogP contribution is -2.47. The largest absolute Gasteiger partial charge is 0.340 e. The Balaban J connectivity index is 1.63. The molecule has 1 aromatic carbocycles. The summed E-state index contributed by atoms with van der Waals surface area (Å²) in [5.41, 5.74) is 1.99. The zero-order valence-corrected chi connectivity index (χ0v) is 13.0. The van der Waals surface area contributed by atoms with Gasteiger partial charge in [0, 0.05) is 37.1 Å². The van der Waals surface area contributed by atoms with Crippen LogP contribution in [0.2, 0.25) is 0 Å². The van der Waals surface area contributed by atoms with Crippen molar-refractivity contribution in [3.63, 3.8) is 0 Å². The molecule has 0 aliphatic carbocycles. The lowest BCUT2D eigenvalue weighted by atomic mass is 10.2. The summed E-state index contributed by atoms with van der Waals surface area (Å²) in [4.78, 5) is 21.1. The lowest BCUT2D eigenvalue weighted by molar-refractivity contribution is -0.132. The second kappa shape index (κ2) is 6.37. The van der Waals surface area contributed by atoms with Gasteiger partial charge >= 0.3 is 0 Å². The molecule has 0 N–H and O–H groups in total. The highest BCUT2D eigenvalue weighted by molar-refractivity contribution is 7.13. The van der Waals surface area contributed by atoms with Crippen molar-refractivity contribution in [3.05, 3.63) is 41.4 Å². The van der Waals surface area contributed by atoms with Crippen LogP contribution in [0.25, 0.3) is 10.6 Å². The number of amides is 1. The molecule has 1 fully saturated rings. The number of hydrogen-bond acceptors (Lipinski definition) is 4. The standard InChI is InChI=1S/C16H19N3OS/c1-18-7-9-19(10-8-18)15(20)11-14-12-21-16(17-14)13-5-3-2-4-6-13/h2-6,12H,7-11H2,1H3. The molecule has 0 bridgehead atoms. The fourth-order valence-corrected chi connectivity index (χ4v) is 3.25. The molecule has 0 saturated carbocycles. The summed E-state index contributed by atoms with van der Waals surface area (Å²) >= 11 is 1.60. The van der Waals surface area contributed by atoms with Crippen molar-refractivity contribution >= 4 is 17.2 Å². The van der Waals surface area contributed by atoms with Crippen LogP contribution in [0.4, 0.5) is 0 Å². The first kappa shape index (κ1) is 14.2. The molecule has 0 atom stereocenters. The molecule has 5 heteroatoms. The van der Waals surface area contributed by atoms with Gasteiger partial charge in [-0.15, -0.1) is 11.3 Å². The number of likely N-dealkylation sites (N-methyl/N-ethyl adjacent to an activating group) is 1. The predicted octanol–water partition coefficient (Wildman–Crippen LogP) is 2.13. The van der Waals surface area contributed by atoms with E-state index in [0.717, 1.165) is 42.4 Å². The highest BCUT2D eigenvalue weighted by Gasteiger charge is 2.20. The molecule has 2 aromatic rings. The molecule has 0 unspecified atom stereocenters. The van der Waals surface area contributed by atoms with E-state index in [4.69, 9.17) is 0 Å². The highest BCUT2D eigenvalue weighted by Crippen LogP contribution is 2.23. The summed E-state index contributed by atoms with van der Waals surface area (Å²) in [6.45, 7) is 3.56. The number of aromatic nitrogens is 1. The number of benzene rings is 1. The van der Waals surface area contributed by atoms with Gasteiger partial charge in [0.2, 0.25) is 5.91 Å². The van der Waals surface area contributed by atoms with Gasteiger partial charge in [-0.25, -0.2) is 4.98 Å². The second-order valence-corrected chi connectivity index (χ2v) is 6.23. The van der Waals surface area contributed by atoms with Crippen molar-refractivity contribution in [2.45, 2.75) is 6.42 Å². The molecular weight excluding hydrogens is 282 g/mol. The molecule has 0 spiro atoms. The van der Waals surface area contributed by atoms with Gasteiger partial charge in [-0.1, -0.05) is 30.3 Å². The van der Waals surface area contributed by atoms with Gasteiger partial charge in [0.05, 0.1) is 12.1 Å². The van der Waals surface area contributed by atoms with Gasteiger partial charge in [-0.05, 0) is 7.05 Å². The van der Waals surface area contributed by atoms with Crippen molar-refractivity contribution in [3.8, 4) is 10.6 Å². The van der Waals surface area contributed by atoms with Gasteiger partial charge in [0.15, 0.2) is 0 Å². The molecule has 3 rings (SSSR count). The van der Waals surface area contributed by atoms with Crippen LogP contribution in [-0.4, -0.2) is 53.9 Å². The van der Waals surface area contributed by atoms with E-state index in [1.807, 2.05) is 40.6 Å².